The second kappa shape index (κ2) is 5.80. The first-order chi connectivity index (χ1) is 8.20. The van der Waals surface area contributed by atoms with E-state index in [1.54, 1.807) is 0 Å². The Bertz CT molecular complexity index is 373. The minimum atomic E-state index is -0.545. The molecule has 1 saturated carbocycles. The molecule has 17 heavy (non-hydrogen) atoms. The van der Waals surface area contributed by atoms with E-state index in [2.05, 4.69) is 5.32 Å². The molecule has 1 aliphatic rings. The highest BCUT2D eigenvalue weighted by Gasteiger charge is 2.20. The van der Waals surface area contributed by atoms with Gasteiger partial charge in [-0.1, -0.05) is 0 Å². The van der Waals surface area contributed by atoms with Crippen molar-refractivity contribution in [2.24, 2.45) is 0 Å². The van der Waals surface area contributed by atoms with E-state index in [4.69, 9.17) is 5.11 Å². The summed E-state index contributed by atoms with van der Waals surface area (Å²) >= 11 is 0.999. The van der Waals surface area contributed by atoms with Gasteiger partial charge in [0.15, 0.2) is 0 Å². The van der Waals surface area contributed by atoms with E-state index in [9.17, 15) is 8.78 Å². The zero-order chi connectivity index (χ0) is 12.3. The van der Waals surface area contributed by atoms with Gasteiger partial charge in [-0.15, -0.1) is 11.8 Å². The number of aliphatic hydroxyl groups is 1. The molecule has 0 amide bonds. The Morgan fingerprint density at radius 2 is 1.94 bits per heavy atom. The van der Waals surface area contributed by atoms with E-state index in [-0.39, 0.29) is 11.5 Å². The zero-order valence-electron chi connectivity index (χ0n) is 9.38. The Balaban J connectivity index is 2.03. The molecule has 0 aliphatic heterocycles. The second-order valence-electron chi connectivity index (χ2n) is 4.12. The van der Waals surface area contributed by atoms with Gasteiger partial charge in [0.2, 0.25) is 0 Å². The molecule has 0 saturated heterocycles. The van der Waals surface area contributed by atoms with E-state index in [0.29, 0.717) is 23.9 Å². The van der Waals surface area contributed by atoms with Gasteiger partial charge in [-0.05, 0) is 30.5 Å². The Labute approximate surface area is 103 Å². The maximum Gasteiger partial charge on any atom is 0.140 e. The van der Waals surface area contributed by atoms with Crippen LogP contribution in [-0.2, 0) is 6.54 Å². The molecule has 2 nitrogen and oxygen atoms in total. The molecule has 0 spiro atoms. The van der Waals surface area contributed by atoms with Crippen molar-refractivity contribution < 1.29 is 13.9 Å². The van der Waals surface area contributed by atoms with Gasteiger partial charge in [-0.2, -0.15) is 0 Å². The fourth-order valence-corrected chi connectivity index (χ4v) is 2.24. The fraction of sp³-hybridized carbons (Fsp3) is 0.500. The van der Waals surface area contributed by atoms with Crippen molar-refractivity contribution in [2.75, 3.05) is 12.4 Å². The lowest BCUT2D eigenvalue weighted by Gasteiger charge is -2.08. The van der Waals surface area contributed by atoms with Crippen LogP contribution in [0, 0.1) is 11.6 Å². The van der Waals surface area contributed by atoms with Gasteiger partial charge in [-0.25, -0.2) is 8.78 Å². The maximum absolute atomic E-state index is 13.6. The summed E-state index contributed by atoms with van der Waals surface area (Å²) in [4.78, 5) is -0.00535. The van der Waals surface area contributed by atoms with Crippen LogP contribution in [0.3, 0.4) is 0 Å². The van der Waals surface area contributed by atoms with Crippen molar-refractivity contribution in [2.45, 2.75) is 30.3 Å². The highest BCUT2D eigenvalue weighted by atomic mass is 32.2. The van der Waals surface area contributed by atoms with Crippen LogP contribution in [0.2, 0.25) is 0 Å². The van der Waals surface area contributed by atoms with Crippen LogP contribution in [0.4, 0.5) is 8.78 Å². The highest BCUT2D eigenvalue weighted by molar-refractivity contribution is 7.99. The third-order valence-electron chi connectivity index (χ3n) is 2.57. The molecule has 0 unspecified atom stereocenters. The topological polar surface area (TPSA) is 32.3 Å². The fourth-order valence-electron chi connectivity index (χ4n) is 1.55. The number of halogens is 2. The summed E-state index contributed by atoms with van der Waals surface area (Å²) in [5.41, 5.74) is 0.625. The summed E-state index contributed by atoms with van der Waals surface area (Å²) in [5, 5.41) is 11.9. The molecular weight excluding hydrogens is 244 g/mol. The van der Waals surface area contributed by atoms with Crippen LogP contribution in [0.1, 0.15) is 18.4 Å². The van der Waals surface area contributed by atoms with Gasteiger partial charge in [0.1, 0.15) is 11.6 Å². The molecule has 0 heterocycles. The molecule has 1 aromatic carbocycles. The van der Waals surface area contributed by atoms with E-state index < -0.39 is 11.6 Å². The van der Waals surface area contributed by atoms with Gasteiger partial charge in [-0.3, -0.25) is 0 Å². The molecule has 94 valence electrons. The highest BCUT2D eigenvalue weighted by Crippen LogP contribution is 2.26. The summed E-state index contributed by atoms with van der Waals surface area (Å²) in [5.74, 6) is -0.792. The molecule has 2 N–H and O–H groups in total. The molecule has 0 aromatic heterocycles. The van der Waals surface area contributed by atoms with Gasteiger partial charge >= 0.3 is 0 Å². The zero-order valence-corrected chi connectivity index (χ0v) is 10.2. The lowest BCUT2D eigenvalue weighted by atomic mass is 10.2. The van der Waals surface area contributed by atoms with Crippen LogP contribution in [0.25, 0.3) is 0 Å². The lowest BCUT2D eigenvalue weighted by molar-refractivity contribution is 0.322. The number of thioether (sulfide) groups is 1. The number of benzene rings is 1. The average molecular weight is 259 g/mol. The van der Waals surface area contributed by atoms with Crippen LogP contribution < -0.4 is 5.32 Å². The number of nitrogens with one attached hydrogen (secondary N) is 1. The molecule has 2 rings (SSSR count). The van der Waals surface area contributed by atoms with Crippen LogP contribution in [0.15, 0.2) is 17.0 Å². The first kappa shape index (κ1) is 12.8. The standard InChI is InChI=1S/C12H15F2NOS/c13-10-5-8(7-15-9-1-2-9)6-11(14)12(10)17-4-3-16/h5-6,9,15-16H,1-4,7H2. The van der Waals surface area contributed by atoms with Gasteiger partial charge in [0.25, 0.3) is 0 Å². The molecule has 1 fully saturated rings. The van der Waals surface area contributed by atoms with Gasteiger partial charge in [0, 0.05) is 18.3 Å². The van der Waals surface area contributed by atoms with Crippen LogP contribution in [0.5, 0.6) is 0 Å². The lowest BCUT2D eigenvalue weighted by Crippen LogP contribution is -2.15. The van der Waals surface area contributed by atoms with E-state index in [0.717, 1.165) is 24.6 Å². The Morgan fingerprint density at radius 3 is 2.47 bits per heavy atom. The predicted molar refractivity (Wildman–Crippen MR) is 64.0 cm³/mol. The summed E-state index contributed by atoms with van der Waals surface area (Å²) < 4.78 is 27.2. The number of hydrogen-bond donors (Lipinski definition) is 2. The molecule has 1 aliphatic carbocycles. The normalized spacial score (nSPS) is 15.2. The Morgan fingerprint density at radius 1 is 1.29 bits per heavy atom. The molecule has 1 aromatic rings. The molecule has 0 bridgehead atoms. The smallest absolute Gasteiger partial charge is 0.140 e. The summed E-state index contributed by atoms with van der Waals surface area (Å²) in [7, 11) is 0. The van der Waals surface area contributed by atoms with E-state index in [1.807, 2.05) is 0 Å². The Kier molecular flexibility index (Phi) is 4.36. The van der Waals surface area contributed by atoms with E-state index in [1.165, 1.54) is 12.1 Å². The number of aliphatic hydroxyl groups excluding tert-OH is 1. The SMILES string of the molecule is OCCSc1c(F)cc(CNC2CC2)cc1F. The summed E-state index contributed by atoms with van der Waals surface area (Å²) in [6, 6.07) is 3.24. The number of rotatable bonds is 6. The van der Waals surface area contributed by atoms with Crippen molar-refractivity contribution in [1.29, 1.82) is 0 Å². The van der Waals surface area contributed by atoms with E-state index >= 15 is 0 Å². The largest absolute Gasteiger partial charge is 0.396 e. The Hall–Kier alpha value is -0.650. The summed E-state index contributed by atoms with van der Waals surface area (Å²) in [6.07, 6.45) is 2.30. The van der Waals surface area contributed by atoms with Crippen molar-refractivity contribution >= 4 is 11.8 Å². The van der Waals surface area contributed by atoms with Gasteiger partial charge in [0.05, 0.1) is 11.5 Å². The predicted octanol–water partition coefficient (Wildman–Crippen LogP) is 2.30. The van der Waals surface area contributed by atoms with Gasteiger partial charge < -0.3 is 10.4 Å². The van der Waals surface area contributed by atoms with Crippen molar-refractivity contribution in [1.82, 2.24) is 5.32 Å². The van der Waals surface area contributed by atoms with Crippen molar-refractivity contribution in [3.05, 3.63) is 29.3 Å². The van der Waals surface area contributed by atoms with Crippen molar-refractivity contribution in [3.63, 3.8) is 0 Å². The third kappa shape index (κ3) is 3.66. The van der Waals surface area contributed by atoms with Crippen LogP contribution >= 0.6 is 11.8 Å². The van der Waals surface area contributed by atoms with Crippen LogP contribution in [-0.4, -0.2) is 23.5 Å². The first-order valence-electron chi connectivity index (χ1n) is 5.65. The number of hydrogen-bond acceptors (Lipinski definition) is 3. The molecular formula is C12H15F2NOS. The summed E-state index contributed by atoms with van der Waals surface area (Å²) in [6.45, 7) is 0.415. The monoisotopic (exact) mass is 259 g/mol. The molecule has 0 radical (unpaired) electrons. The van der Waals surface area contributed by atoms with Crippen molar-refractivity contribution in [3.8, 4) is 0 Å². The molecule has 0 atom stereocenters. The first-order valence-corrected chi connectivity index (χ1v) is 6.64. The minimum Gasteiger partial charge on any atom is -0.396 e. The molecule has 5 heteroatoms. The third-order valence-corrected chi connectivity index (χ3v) is 3.63. The second-order valence-corrected chi connectivity index (χ2v) is 5.22. The average Bonchev–Trinajstić information content (AvgIpc) is 3.09. The quantitative estimate of drug-likeness (QED) is 0.769. The minimum absolute atomic E-state index is 0.00535. The maximum atomic E-state index is 13.6.